The molecule has 25 heteroatoms. The van der Waals surface area contributed by atoms with Crippen molar-refractivity contribution < 1.29 is 49.2 Å². The molecule has 370 valence electrons. The van der Waals surface area contributed by atoms with Crippen molar-refractivity contribution in [3.8, 4) is 0 Å². The fourth-order valence-corrected chi connectivity index (χ4v) is 7.74. The van der Waals surface area contributed by atoms with E-state index in [1.807, 2.05) is 24.3 Å². The number of carbonyl (C=O) groups is 6. The number of aliphatic carboxylic acids is 4. The quantitative estimate of drug-likeness (QED) is 0.0331. The van der Waals surface area contributed by atoms with Crippen LogP contribution >= 0.6 is 12.2 Å². The number of nitrogens with zero attached hydrogens (tertiary/aromatic N) is 6. The van der Waals surface area contributed by atoms with E-state index in [1.165, 1.54) is 6.20 Å². The summed E-state index contributed by atoms with van der Waals surface area (Å²) in [5.74, 6) is -5.13. The maximum atomic E-state index is 12.7. The molecule has 0 bridgehead atoms. The lowest BCUT2D eigenvalue weighted by molar-refractivity contribution is -0.142. The van der Waals surface area contributed by atoms with Crippen molar-refractivity contribution in [2.24, 2.45) is 0 Å². The minimum Gasteiger partial charge on any atom is -0.480 e. The van der Waals surface area contributed by atoms with Crippen molar-refractivity contribution in [3.63, 3.8) is 0 Å². The summed E-state index contributed by atoms with van der Waals surface area (Å²) in [7, 11) is 0. The predicted octanol–water partition coefficient (Wildman–Crippen LogP) is 0.228. The Kier molecular flexibility index (Phi) is 20.0. The van der Waals surface area contributed by atoms with E-state index in [0.717, 1.165) is 5.56 Å². The average molecular weight is 976 g/mol. The largest absolute Gasteiger partial charge is 0.480 e. The Morgan fingerprint density at radius 1 is 0.797 bits per heavy atom. The molecule has 2 aromatic carbocycles. The first kappa shape index (κ1) is 52.6. The van der Waals surface area contributed by atoms with Crippen LogP contribution in [0.5, 0.6) is 0 Å². The van der Waals surface area contributed by atoms with Crippen LogP contribution in [0.15, 0.2) is 59.5 Å². The number of fused-ring (bicyclic) bond motifs is 1. The molecule has 1 fully saturated rings. The molecule has 2 amide bonds. The van der Waals surface area contributed by atoms with Gasteiger partial charge >= 0.3 is 23.9 Å². The Balaban J connectivity index is 0.975. The van der Waals surface area contributed by atoms with E-state index in [0.29, 0.717) is 73.2 Å². The Labute approximate surface area is 401 Å². The molecule has 0 radical (unpaired) electrons. The number of H-pyrrole nitrogens is 1. The van der Waals surface area contributed by atoms with Gasteiger partial charge in [0.05, 0.1) is 38.1 Å². The summed E-state index contributed by atoms with van der Waals surface area (Å²) in [4.78, 5) is 104. The predicted molar refractivity (Wildman–Crippen MR) is 257 cm³/mol. The highest BCUT2D eigenvalue weighted by atomic mass is 32.1. The summed E-state index contributed by atoms with van der Waals surface area (Å²) in [5, 5.41) is 53.3. The van der Waals surface area contributed by atoms with Crippen molar-refractivity contribution in [2.75, 3.05) is 81.8 Å². The normalized spacial score (nSPS) is 15.2. The Morgan fingerprint density at radius 2 is 1.45 bits per heavy atom. The van der Waals surface area contributed by atoms with Gasteiger partial charge in [0, 0.05) is 75.2 Å². The monoisotopic (exact) mass is 975 g/mol. The Hall–Kier alpha value is -7.35. The second-order valence-corrected chi connectivity index (χ2v) is 16.7. The van der Waals surface area contributed by atoms with Crippen molar-refractivity contribution >= 4 is 81.5 Å². The molecule has 4 aromatic rings. The Morgan fingerprint density at radius 3 is 2.14 bits per heavy atom. The van der Waals surface area contributed by atoms with Crippen LogP contribution in [0.2, 0.25) is 0 Å². The van der Waals surface area contributed by atoms with Gasteiger partial charge in [0.2, 0.25) is 11.9 Å². The number of amides is 2. The highest BCUT2D eigenvalue weighted by molar-refractivity contribution is 7.80. The highest BCUT2D eigenvalue weighted by Crippen LogP contribution is 2.17. The molecule has 1 aliphatic heterocycles. The number of anilines is 3. The van der Waals surface area contributed by atoms with Gasteiger partial charge in [-0.1, -0.05) is 12.1 Å². The van der Waals surface area contributed by atoms with E-state index >= 15 is 0 Å². The molecule has 1 aliphatic rings. The fraction of sp³-hybridized carbons (Fsp3) is 0.432. The number of carbonyl (C=O) groups excluding carboxylic acids is 2. The lowest BCUT2D eigenvalue weighted by Gasteiger charge is -2.33. The lowest BCUT2D eigenvalue weighted by Crippen LogP contribution is -2.49. The minimum atomic E-state index is -1.16. The van der Waals surface area contributed by atoms with Gasteiger partial charge in [-0.2, -0.15) is 4.98 Å². The number of rotatable bonds is 24. The van der Waals surface area contributed by atoms with E-state index in [1.54, 1.807) is 39.0 Å². The summed E-state index contributed by atoms with van der Waals surface area (Å²) < 4.78 is 0. The van der Waals surface area contributed by atoms with Crippen LogP contribution in [0.3, 0.4) is 0 Å². The van der Waals surface area contributed by atoms with Crippen LogP contribution < -0.4 is 37.9 Å². The summed E-state index contributed by atoms with van der Waals surface area (Å²) in [6.45, 7) is 1.54. The number of aromatic amines is 1. The number of thiocarbonyl (C=S) groups is 1. The van der Waals surface area contributed by atoms with Crippen molar-refractivity contribution in [1.29, 1.82) is 0 Å². The number of carboxylic acid groups (broad SMARTS) is 4. The second kappa shape index (κ2) is 26.3. The molecule has 2 aromatic heterocycles. The highest BCUT2D eigenvalue weighted by Gasteiger charge is 2.28. The number of nitrogen functional groups attached to an aromatic ring is 1. The topological polar surface area (TPSA) is 351 Å². The van der Waals surface area contributed by atoms with Gasteiger partial charge in [0.1, 0.15) is 6.04 Å². The van der Waals surface area contributed by atoms with E-state index < -0.39 is 41.4 Å². The van der Waals surface area contributed by atoms with Gasteiger partial charge < -0.3 is 52.7 Å². The minimum absolute atomic E-state index is 0.00651. The number of carboxylic acids is 4. The maximum Gasteiger partial charge on any atom is 0.326 e. The maximum absolute atomic E-state index is 12.7. The molecule has 69 heavy (non-hydrogen) atoms. The summed E-state index contributed by atoms with van der Waals surface area (Å²) in [5.41, 5.74) is 8.37. The number of nitrogens with two attached hydrogens (primary N) is 1. The first-order valence-electron chi connectivity index (χ1n) is 22.1. The first-order valence-corrected chi connectivity index (χ1v) is 22.6. The molecule has 2 atom stereocenters. The summed E-state index contributed by atoms with van der Waals surface area (Å²) in [6.07, 6.45) is 3.40. The molecule has 0 aliphatic carbocycles. The van der Waals surface area contributed by atoms with E-state index in [4.69, 9.17) is 18.0 Å². The van der Waals surface area contributed by atoms with Gasteiger partial charge in [0.15, 0.2) is 16.3 Å². The van der Waals surface area contributed by atoms with Crippen LogP contribution in [0.4, 0.5) is 17.3 Å². The molecular weight excluding hydrogens is 919 g/mol. The molecule has 12 N–H and O–H groups in total. The third kappa shape index (κ3) is 18.0. The average Bonchev–Trinajstić information content (AvgIpc) is 3.36. The fourth-order valence-electron chi connectivity index (χ4n) is 7.52. The lowest BCUT2D eigenvalue weighted by atomic mass is 10.0. The zero-order valence-corrected chi connectivity index (χ0v) is 38.5. The van der Waals surface area contributed by atoms with E-state index in [2.05, 4.69) is 46.5 Å². The van der Waals surface area contributed by atoms with Crippen molar-refractivity contribution in [1.82, 2.24) is 50.6 Å². The Bertz CT molecular complexity index is 2500. The van der Waals surface area contributed by atoms with Crippen LogP contribution in [0.1, 0.15) is 53.7 Å². The zero-order chi connectivity index (χ0) is 49.9. The molecule has 24 nitrogen and oxygen atoms in total. The SMILES string of the molecule is Nc1nc2ncc(CNc3ccc(C(=O)NCCCC(=O)N[C@@H](CCCCNC(=S)Nc4ccc(CC5CN(CC(=O)O)CCN(CC(=O)O)CCN5CC(=O)O)cc4)C(=O)O)cc3)nc2c(=O)[nH]1. The second-order valence-electron chi connectivity index (χ2n) is 16.3. The van der Waals surface area contributed by atoms with Gasteiger partial charge in [-0.25, -0.2) is 14.8 Å². The number of aromatic nitrogens is 4. The van der Waals surface area contributed by atoms with Gasteiger partial charge in [0.25, 0.3) is 11.5 Å². The number of nitrogens with one attached hydrogen (secondary N) is 6. The molecule has 1 unspecified atom stereocenters. The standard InChI is InChI=1S/C44H57N13O11S/c45-43-53-39-38(41(66)54-43)50-31(22-49-39)21-48-29-12-8-28(9-13-29)40(65)46-15-3-5-34(58)52-33(42(67)68)4-1-2-14-47-44(69)51-30-10-6-27(7-11-30)20-32-23-56(25-36(61)62)17-16-55(24-35(59)60)18-19-57(32)26-37(63)64/h6-13,22,32-33,48H,1-5,14-21,23-26H2,(H,46,65)(H,52,58)(H,59,60)(H,61,62)(H,63,64)(H,67,68)(H2,47,51,69)(H3,45,49,53,54,66)/t32?,33-/m0/s1. The van der Waals surface area contributed by atoms with E-state index in [-0.39, 0.29) is 94.1 Å². The van der Waals surface area contributed by atoms with E-state index in [9.17, 15) is 54.0 Å². The molecule has 1 saturated heterocycles. The van der Waals surface area contributed by atoms with Crippen molar-refractivity contribution in [2.45, 2.75) is 57.2 Å². The third-order valence-electron chi connectivity index (χ3n) is 11.0. The molecule has 5 rings (SSSR count). The van der Waals surface area contributed by atoms with Crippen LogP contribution in [-0.4, -0.2) is 173 Å². The molecule has 0 saturated carbocycles. The molecule has 3 heterocycles. The smallest absolute Gasteiger partial charge is 0.326 e. The van der Waals surface area contributed by atoms with Crippen molar-refractivity contribution in [3.05, 3.63) is 81.9 Å². The third-order valence-corrected chi connectivity index (χ3v) is 11.2. The van der Waals surface area contributed by atoms with Crippen LogP contribution in [-0.2, 0) is 36.9 Å². The molecular formula is C44H57N13O11S. The van der Waals surface area contributed by atoms with Crippen LogP contribution in [0, 0.1) is 0 Å². The summed E-state index contributed by atoms with van der Waals surface area (Å²) >= 11 is 5.45. The van der Waals surface area contributed by atoms with Gasteiger partial charge in [-0.15, -0.1) is 0 Å². The first-order chi connectivity index (χ1) is 33.0. The number of hydrogen-bond donors (Lipinski definition) is 11. The molecule has 0 spiro atoms. The zero-order valence-electron chi connectivity index (χ0n) is 37.7. The number of unbranched alkanes of at least 4 members (excludes halogenated alkanes) is 1. The van der Waals surface area contributed by atoms with Gasteiger partial charge in [-0.3, -0.25) is 48.5 Å². The number of benzene rings is 2. The van der Waals surface area contributed by atoms with Gasteiger partial charge in [-0.05, 0) is 86.3 Å². The van der Waals surface area contributed by atoms with Crippen LogP contribution in [0.25, 0.3) is 11.2 Å². The number of hydrogen-bond acceptors (Lipinski definition) is 16. The summed E-state index contributed by atoms with van der Waals surface area (Å²) in [6, 6.07) is 12.5.